The van der Waals surface area contributed by atoms with Crippen LogP contribution in [0.4, 0.5) is 0 Å². The minimum atomic E-state index is -0.194. The van der Waals surface area contributed by atoms with Gasteiger partial charge in [0.15, 0.2) is 5.96 Å². The summed E-state index contributed by atoms with van der Waals surface area (Å²) in [5.41, 5.74) is 0.500. The Labute approximate surface area is 207 Å². The van der Waals surface area contributed by atoms with Gasteiger partial charge in [-0.3, -0.25) is 14.6 Å². The third kappa shape index (κ3) is 7.83. The molecular weight excluding hydrogens is 521 g/mol. The topological polar surface area (TPSA) is 106 Å². The Morgan fingerprint density at radius 2 is 1.81 bits per heavy atom. The van der Waals surface area contributed by atoms with E-state index >= 15 is 0 Å². The SMILES string of the molecule is CCNC(=NCCNC(=O)c1ccc(O)cc1)NC1CCN(C(=O)C2CCCCC2)C1.I. The second kappa shape index (κ2) is 13.5. The number of rotatable bonds is 7. The second-order valence-electron chi connectivity index (χ2n) is 8.31. The van der Waals surface area contributed by atoms with Crippen molar-refractivity contribution < 1.29 is 14.7 Å². The summed E-state index contributed by atoms with van der Waals surface area (Å²) in [5, 5.41) is 18.8. The molecule has 1 atom stereocenters. The number of hydrogen-bond acceptors (Lipinski definition) is 4. The number of nitrogens with zero attached hydrogens (tertiary/aromatic N) is 2. The summed E-state index contributed by atoms with van der Waals surface area (Å²) in [6, 6.07) is 6.34. The fraction of sp³-hybridized carbons (Fsp3) is 0.609. The summed E-state index contributed by atoms with van der Waals surface area (Å²) >= 11 is 0. The van der Waals surface area contributed by atoms with E-state index in [-0.39, 0.29) is 47.6 Å². The van der Waals surface area contributed by atoms with Gasteiger partial charge in [-0.2, -0.15) is 0 Å². The maximum absolute atomic E-state index is 12.8. The van der Waals surface area contributed by atoms with Crippen LogP contribution in [-0.2, 0) is 4.79 Å². The average Bonchev–Trinajstić information content (AvgIpc) is 3.25. The number of likely N-dealkylation sites (tertiary alicyclic amines) is 1. The lowest BCUT2D eigenvalue weighted by Gasteiger charge is -2.26. The zero-order chi connectivity index (χ0) is 22.1. The number of guanidine groups is 1. The van der Waals surface area contributed by atoms with Crippen molar-refractivity contribution in [2.45, 2.75) is 51.5 Å². The summed E-state index contributed by atoms with van der Waals surface area (Å²) < 4.78 is 0. The first-order valence-electron chi connectivity index (χ1n) is 11.5. The molecule has 1 aliphatic heterocycles. The second-order valence-corrected chi connectivity index (χ2v) is 8.31. The molecule has 1 aliphatic carbocycles. The van der Waals surface area contributed by atoms with Crippen molar-refractivity contribution in [2.75, 3.05) is 32.7 Å². The van der Waals surface area contributed by atoms with Gasteiger partial charge in [0.25, 0.3) is 5.91 Å². The molecule has 2 amide bonds. The highest BCUT2D eigenvalue weighted by atomic mass is 127. The number of carbonyl (C=O) groups excluding carboxylic acids is 2. The minimum absolute atomic E-state index is 0. The van der Waals surface area contributed by atoms with Gasteiger partial charge in [0.05, 0.1) is 6.54 Å². The van der Waals surface area contributed by atoms with Crippen LogP contribution in [0, 0.1) is 5.92 Å². The van der Waals surface area contributed by atoms with Gasteiger partial charge >= 0.3 is 0 Å². The van der Waals surface area contributed by atoms with Crippen LogP contribution in [0.5, 0.6) is 5.75 Å². The molecule has 1 saturated carbocycles. The van der Waals surface area contributed by atoms with Crippen LogP contribution in [-0.4, -0.2) is 66.5 Å². The van der Waals surface area contributed by atoms with Crippen LogP contribution in [0.15, 0.2) is 29.3 Å². The molecule has 0 radical (unpaired) electrons. The van der Waals surface area contributed by atoms with E-state index in [1.807, 2.05) is 11.8 Å². The highest BCUT2D eigenvalue weighted by Gasteiger charge is 2.31. The van der Waals surface area contributed by atoms with Crippen LogP contribution in [0.3, 0.4) is 0 Å². The number of benzene rings is 1. The van der Waals surface area contributed by atoms with Gasteiger partial charge in [-0.1, -0.05) is 19.3 Å². The molecule has 9 heteroatoms. The van der Waals surface area contributed by atoms with Gasteiger partial charge in [-0.25, -0.2) is 0 Å². The van der Waals surface area contributed by atoms with Crippen molar-refractivity contribution >= 4 is 41.8 Å². The molecule has 0 spiro atoms. The first-order chi connectivity index (χ1) is 15.1. The molecule has 1 unspecified atom stereocenters. The Morgan fingerprint density at radius 3 is 2.50 bits per heavy atom. The van der Waals surface area contributed by atoms with Gasteiger partial charge < -0.3 is 26.0 Å². The Bertz CT molecular complexity index is 765. The van der Waals surface area contributed by atoms with Gasteiger partial charge in [-0.15, -0.1) is 24.0 Å². The number of phenolic OH excluding ortho intramolecular Hbond substituents is 1. The first kappa shape index (κ1) is 26.2. The maximum atomic E-state index is 12.8. The van der Waals surface area contributed by atoms with E-state index in [9.17, 15) is 14.7 Å². The van der Waals surface area contributed by atoms with Crippen LogP contribution in [0.1, 0.15) is 55.8 Å². The molecule has 4 N–H and O–H groups in total. The van der Waals surface area contributed by atoms with E-state index in [4.69, 9.17) is 0 Å². The Morgan fingerprint density at radius 1 is 1.09 bits per heavy atom. The summed E-state index contributed by atoms with van der Waals surface area (Å²) in [7, 11) is 0. The number of aromatic hydroxyl groups is 1. The highest BCUT2D eigenvalue weighted by Crippen LogP contribution is 2.26. The summed E-state index contributed by atoms with van der Waals surface area (Å²) in [6.45, 7) is 5.12. The zero-order valence-corrected chi connectivity index (χ0v) is 21.1. The molecule has 1 aromatic carbocycles. The third-order valence-electron chi connectivity index (χ3n) is 5.94. The van der Waals surface area contributed by atoms with E-state index in [1.54, 1.807) is 12.1 Å². The Hall–Kier alpha value is -2.04. The number of amides is 2. The van der Waals surface area contributed by atoms with E-state index in [0.29, 0.717) is 30.5 Å². The molecule has 2 fully saturated rings. The first-order valence-corrected chi connectivity index (χ1v) is 11.5. The van der Waals surface area contributed by atoms with Gasteiger partial charge in [-0.05, 0) is 50.5 Å². The lowest BCUT2D eigenvalue weighted by molar-refractivity contribution is -0.135. The standard InChI is InChI=1S/C23H35N5O3.HI/c1-2-24-23(26-14-13-25-21(30)17-8-10-20(29)11-9-17)27-19-12-15-28(16-19)22(31)18-6-4-3-5-7-18;/h8-11,18-19,29H,2-7,12-16H2,1H3,(H,25,30)(H2,24,26,27);1H. The van der Waals surface area contributed by atoms with Crippen molar-refractivity contribution in [3.8, 4) is 5.75 Å². The minimum Gasteiger partial charge on any atom is -0.508 e. The number of phenols is 1. The largest absolute Gasteiger partial charge is 0.508 e. The van der Waals surface area contributed by atoms with Crippen LogP contribution < -0.4 is 16.0 Å². The molecule has 1 heterocycles. The third-order valence-corrected chi connectivity index (χ3v) is 5.94. The predicted molar refractivity (Wildman–Crippen MR) is 137 cm³/mol. The van der Waals surface area contributed by atoms with E-state index in [1.165, 1.54) is 31.4 Å². The van der Waals surface area contributed by atoms with Crippen molar-refractivity contribution in [3.05, 3.63) is 29.8 Å². The lowest BCUT2D eigenvalue weighted by atomic mass is 9.88. The monoisotopic (exact) mass is 557 g/mol. The van der Waals surface area contributed by atoms with Crippen LogP contribution in [0.25, 0.3) is 0 Å². The number of halogens is 1. The predicted octanol–water partition coefficient (Wildman–Crippen LogP) is 2.48. The molecule has 1 saturated heterocycles. The molecule has 0 bridgehead atoms. The molecule has 3 rings (SSSR count). The molecule has 2 aliphatic rings. The van der Waals surface area contributed by atoms with E-state index in [2.05, 4.69) is 20.9 Å². The smallest absolute Gasteiger partial charge is 0.251 e. The fourth-order valence-corrected chi connectivity index (χ4v) is 4.25. The average molecular weight is 557 g/mol. The van der Waals surface area contributed by atoms with E-state index in [0.717, 1.165) is 38.9 Å². The van der Waals surface area contributed by atoms with Crippen LogP contribution in [0.2, 0.25) is 0 Å². The van der Waals surface area contributed by atoms with E-state index < -0.39 is 0 Å². The molecular formula is C23H36IN5O3. The molecule has 8 nitrogen and oxygen atoms in total. The summed E-state index contributed by atoms with van der Waals surface area (Å²) in [4.78, 5) is 31.5. The van der Waals surface area contributed by atoms with Gasteiger partial charge in [0.1, 0.15) is 5.75 Å². The summed E-state index contributed by atoms with van der Waals surface area (Å²) in [5.74, 6) is 1.18. The fourth-order valence-electron chi connectivity index (χ4n) is 4.25. The number of hydrogen-bond donors (Lipinski definition) is 4. The molecule has 178 valence electrons. The molecule has 1 aromatic rings. The van der Waals surface area contributed by atoms with Gasteiger partial charge in [0, 0.05) is 43.7 Å². The number of aliphatic imine (C=N–C) groups is 1. The van der Waals surface area contributed by atoms with Crippen molar-refractivity contribution in [2.24, 2.45) is 10.9 Å². The molecule has 32 heavy (non-hydrogen) atoms. The van der Waals surface area contributed by atoms with Crippen molar-refractivity contribution in [3.63, 3.8) is 0 Å². The lowest BCUT2D eigenvalue weighted by Crippen LogP contribution is -2.46. The zero-order valence-electron chi connectivity index (χ0n) is 18.8. The normalized spacial score (nSPS) is 19.2. The Kier molecular flexibility index (Phi) is 11.1. The van der Waals surface area contributed by atoms with Crippen molar-refractivity contribution in [1.82, 2.24) is 20.9 Å². The highest BCUT2D eigenvalue weighted by molar-refractivity contribution is 14.0. The van der Waals surface area contributed by atoms with Gasteiger partial charge in [0.2, 0.25) is 5.91 Å². The quantitative estimate of drug-likeness (QED) is 0.179. The summed E-state index contributed by atoms with van der Waals surface area (Å²) in [6.07, 6.45) is 6.59. The van der Waals surface area contributed by atoms with Crippen molar-refractivity contribution in [1.29, 1.82) is 0 Å². The number of nitrogens with one attached hydrogen (secondary N) is 3. The number of carbonyl (C=O) groups is 2. The van der Waals surface area contributed by atoms with Crippen LogP contribution >= 0.6 is 24.0 Å². The molecule has 0 aromatic heterocycles. The Balaban J connectivity index is 0.00000363. The maximum Gasteiger partial charge on any atom is 0.251 e.